The molecule has 0 bridgehead atoms. The SMILES string of the molecule is Clc1ccc(NC2Cc3ccccc3C2)cc1Br. The molecule has 0 saturated carbocycles. The molecule has 2 aromatic carbocycles. The van der Waals surface area contributed by atoms with Crippen LogP contribution in [-0.4, -0.2) is 6.04 Å². The monoisotopic (exact) mass is 321 g/mol. The molecule has 1 nitrogen and oxygen atoms in total. The third-order valence-electron chi connectivity index (χ3n) is 3.34. The summed E-state index contributed by atoms with van der Waals surface area (Å²) < 4.78 is 0.935. The van der Waals surface area contributed by atoms with Gasteiger partial charge in [0.15, 0.2) is 0 Å². The molecule has 1 N–H and O–H groups in total. The molecule has 0 spiro atoms. The zero-order valence-electron chi connectivity index (χ0n) is 9.79. The Kier molecular flexibility index (Phi) is 3.31. The molecule has 18 heavy (non-hydrogen) atoms. The maximum atomic E-state index is 6.00. The molecule has 0 radical (unpaired) electrons. The van der Waals surface area contributed by atoms with Gasteiger partial charge in [-0.1, -0.05) is 35.9 Å². The van der Waals surface area contributed by atoms with Gasteiger partial charge < -0.3 is 5.32 Å². The minimum absolute atomic E-state index is 0.482. The summed E-state index contributed by atoms with van der Waals surface area (Å²) in [6.45, 7) is 0. The number of fused-ring (bicyclic) bond motifs is 1. The van der Waals surface area contributed by atoms with Gasteiger partial charge in [0.2, 0.25) is 0 Å². The topological polar surface area (TPSA) is 12.0 Å². The van der Waals surface area contributed by atoms with Crippen LogP contribution in [0.15, 0.2) is 46.9 Å². The zero-order chi connectivity index (χ0) is 12.5. The molecule has 0 aromatic heterocycles. The number of hydrogen-bond donors (Lipinski definition) is 1. The van der Waals surface area contributed by atoms with Crippen LogP contribution in [0, 0.1) is 0 Å². The van der Waals surface area contributed by atoms with E-state index in [0.717, 1.165) is 28.0 Å². The van der Waals surface area contributed by atoms with Crippen LogP contribution in [0.3, 0.4) is 0 Å². The molecule has 0 saturated heterocycles. The first-order valence-electron chi connectivity index (χ1n) is 6.01. The normalized spacial score (nSPS) is 14.6. The molecule has 0 amide bonds. The lowest BCUT2D eigenvalue weighted by Gasteiger charge is -2.14. The first-order chi connectivity index (χ1) is 8.72. The van der Waals surface area contributed by atoms with E-state index in [9.17, 15) is 0 Å². The van der Waals surface area contributed by atoms with Crippen molar-refractivity contribution in [2.75, 3.05) is 5.32 Å². The third kappa shape index (κ3) is 2.40. The molecule has 3 rings (SSSR count). The molecule has 1 aliphatic rings. The lowest BCUT2D eigenvalue weighted by molar-refractivity contribution is 0.774. The molecule has 1 aliphatic carbocycles. The van der Waals surface area contributed by atoms with Gasteiger partial charge in [-0.2, -0.15) is 0 Å². The molecule has 0 heterocycles. The van der Waals surface area contributed by atoms with E-state index in [0.29, 0.717) is 6.04 Å². The molecule has 0 aliphatic heterocycles. The molecule has 0 fully saturated rings. The van der Waals surface area contributed by atoms with Gasteiger partial charge in [0.1, 0.15) is 0 Å². The van der Waals surface area contributed by atoms with Crippen LogP contribution in [0.25, 0.3) is 0 Å². The standard InChI is InChI=1S/C15H13BrClN/c16-14-9-12(5-6-15(14)17)18-13-7-10-3-1-2-4-11(10)8-13/h1-6,9,13,18H,7-8H2. The second-order valence-corrected chi connectivity index (χ2v) is 5.91. The first kappa shape index (κ1) is 12.1. The fourth-order valence-corrected chi connectivity index (χ4v) is 2.98. The molecule has 3 heteroatoms. The second-order valence-electron chi connectivity index (χ2n) is 4.65. The Morgan fingerprint density at radius 2 is 1.72 bits per heavy atom. The number of halogens is 2. The Morgan fingerprint density at radius 3 is 2.33 bits per heavy atom. The van der Waals surface area contributed by atoms with Gasteiger partial charge in [0, 0.05) is 16.2 Å². The predicted molar refractivity (Wildman–Crippen MR) is 80.4 cm³/mol. The molecule has 2 aromatic rings. The average Bonchev–Trinajstić information content (AvgIpc) is 2.76. The van der Waals surface area contributed by atoms with Crippen molar-refractivity contribution < 1.29 is 0 Å². The van der Waals surface area contributed by atoms with Gasteiger partial charge >= 0.3 is 0 Å². The Morgan fingerprint density at radius 1 is 1.06 bits per heavy atom. The van der Waals surface area contributed by atoms with Gasteiger partial charge in [-0.25, -0.2) is 0 Å². The molecule has 0 unspecified atom stereocenters. The third-order valence-corrected chi connectivity index (χ3v) is 4.56. The van der Waals surface area contributed by atoms with Crippen molar-refractivity contribution >= 4 is 33.2 Å². The number of benzene rings is 2. The largest absolute Gasteiger partial charge is 0.382 e. The summed E-state index contributed by atoms with van der Waals surface area (Å²) in [4.78, 5) is 0. The van der Waals surface area contributed by atoms with E-state index in [-0.39, 0.29) is 0 Å². The van der Waals surface area contributed by atoms with Crippen molar-refractivity contribution in [1.82, 2.24) is 0 Å². The minimum Gasteiger partial charge on any atom is -0.382 e. The summed E-state index contributed by atoms with van der Waals surface area (Å²) in [5.41, 5.74) is 4.04. The van der Waals surface area contributed by atoms with E-state index in [1.165, 1.54) is 11.1 Å². The lowest BCUT2D eigenvalue weighted by atomic mass is 10.1. The van der Waals surface area contributed by atoms with Crippen LogP contribution in [0.2, 0.25) is 5.02 Å². The van der Waals surface area contributed by atoms with Gasteiger partial charge in [-0.15, -0.1) is 0 Å². The molecular weight excluding hydrogens is 310 g/mol. The minimum atomic E-state index is 0.482. The van der Waals surface area contributed by atoms with Gasteiger partial charge in [0.05, 0.1) is 5.02 Å². The highest BCUT2D eigenvalue weighted by Gasteiger charge is 2.20. The number of hydrogen-bond acceptors (Lipinski definition) is 1. The highest BCUT2D eigenvalue weighted by atomic mass is 79.9. The summed E-state index contributed by atoms with van der Waals surface area (Å²) in [5, 5.41) is 4.31. The van der Waals surface area contributed by atoms with Gasteiger partial charge in [-0.3, -0.25) is 0 Å². The van der Waals surface area contributed by atoms with Crippen molar-refractivity contribution in [3.63, 3.8) is 0 Å². The van der Waals surface area contributed by atoms with E-state index < -0.39 is 0 Å². The zero-order valence-corrected chi connectivity index (χ0v) is 12.1. The molecule has 0 atom stereocenters. The van der Waals surface area contributed by atoms with Crippen molar-refractivity contribution in [3.8, 4) is 0 Å². The number of anilines is 1. The fourth-order valence-electron chi connectivity index (χ4n) is 2.48. The first-order valence-corrected chi connectivity index (χ1v) is 7.18. The van der Waals surface area contributed by atoms with Crippen LogP contribution in [0.1, 0.15) is 11.1 Å². The summed E-state index contributed by atoms with van der Waals surface area (Å²) in [6.07, 6.45) is 2.19. The highest BCUT2D eigenvalue weighted by Crippen LogP contribution is 2.28. The van der Waals surface area contributed by atoms with Crippen molar-refractivity contribution in [2.24, 2.45) is 0 Å². The Bertz CT molecular complexity index is 557. The van der Waals surface area contributed by atoms with Crippen LogP contribution in [0.5, 0.6) is 0 Å². The Hall–Kier alpha value is -0.990. The maximum Gasteiger partial charge on any atom is 0.0549 e. The van der Waals surface area contributed by atoms with Gasteiger partial charge in [0.25, 0.3) is 0 Å². The summed E-state index contributed by atoms with van der Waals surface area (Å²) >= 11 is 9.45. The van der Waals surface area contributed by atoms with Crippen molar-refractivity contribution in [2.45, 2.75) is 18.9 Å². The van der Waals surface area contributed by atoms with E-state index in [4.69, 9.17) is 11.6 Å². The quantitative estimate of drug-likeness (QED) is 0.846. The number of nitrogens with one attached hydrogen (secondary N) is 1. The van der Waals surface area contributed by atoms with Crippen LogP contribution in [0.4, 0.5) is 5.69 Å². The van der Waals surface area contributed by atoms with Crippen LogP contribution in [-0.2, 0) is 12.8 Å². The van der Waals surface area contributed by atoms with E-state index >= 15 is 0 Å². The summed E-state index contributed by atoms with van der Waals surface area (Å²) in [6, 6.07) is 15.1. The number of rotatable bonds is 2. The lowest BCUT2D eigenvalue weighted by Crippen LogP contribution is -2.19. The Balaban J connectivity index is 1.74. The molecular formula is C15H13BrClN. The van der Waals surface area contributed by atoms with Crippen molar-refractivity contribution in [1.29, 1.82) is 0 Å². The van der Waals surface area contributed by atoms with Crippen LogP contribution < -0.4 is 5.32 Å². The van der Waals surface area contributed by atoms with Crippen LogP contribution >= 0.6 is 27.5 Å². The second kappa shape index (κ2) is 4.94. The fraction of sp³-hybridized carbons (Fsp3) is 0.200. The summed E-state index contributed by atoms with van der Waals surface area (Å²) in [5.74, 6) is 0. The molecule has 92 valence electrons. The smallest absolute Gasteiger partial charge is 0.0549 e. The maximum absolute atomic E-state index is 6.00. The van der Waals surface area contributed by atoms with E-state index in [1.54, 1.807) is 0 Å². The van der Waals surface area contributed by atoms with E-state index in [1.807, 2.05) is 18.2 Å². The predicted octanol–water partition coefficient (Wildman–Crippen LogP) is 4.68. The van der Waals surface area contributed by atoms with Crippen molar-refractivity contribution in [3.05, 3.63) is 63.1 Å². The van der Waals surface area contributed by atoms with E-state index in [2.05, 4.69) is 45.5 Å². The van der Waals surface area contributed by atoms with Gasteiger partial charge in [-0.05, 0) is 58.1 Å². The Labute approximate surface area is 120 Å². The summed E-state index contributed by atoms with van der Waals surface area (Å²) in [7, 11) is 0. The highest BCUT2D eigenvalue weighted by molar-refractivity contribution is 9.10. The average molecular weight is 323 g/mol.